The Labute approximate surface area is 78.2 Å². The summed E-state index contributed by atoms with van der Waals surface area (Å²) in [5, 5.41) is 18.3. The highest BCUT2D eigenvalue weighted by atomic mass is 16.3. The monoisotopic (exact) mass is 181 g/mol. The third-order valence-corrected chi connectivity index (χ3v) is 1.96. The highest BCUT2D eigenvalue weighted by molar-refractivity contribution is 5.54. The number of hydrogen-bond donors (Lipinski definition) is 2. The second-order valence-electron chi connectivity index (χ2n) is 3.09. The fourth-order valence-electron chi connectivity index (χ4n) is 1.21. The van der Waals surface area contributed by atoms with Gasteiger partial charge in [0.15, 0.2) is 11.5 Å². The number of anilines is 1. The Bertz CT molecular complexity index is 286. The summed E-state index contributed by atoms with van der Waals surface area (Å²) < 4.78 is 0. The standard InChI is InChI=1S/C10H15NO2/c1-3-6-11(2)8-4-5-9(12)10(13)7-8/h4-5,7,12-13H,3,6H2,1-2H3. The number of nitrogens with zero attached hydrogens (tertiary/aromatic N) is 1. The van der Waals surface area contributed by atoms with Crippen molar-refractivity contribution in [3.05, 3.63) is 18.2 Å². The molecule has 0 fully saturated rings. The molecular formula is C10H15NO2. The molecule has 0 amide bonds. The molecule has 0 aromatic heterocycles. The van der Waals surface area contributed by atoms with Crippen molar-refractivity contribution in [3.63, 3.8) is 0 Å². The summed E-state index contributed by atoms with van der Waals surface area (Å²) in [7, 11) is 1.95. The van der Waals surface area contributed by atoms with Crippen molar-refractivity contribution in [3.8, 4) is 11.5 Å². The van der Waals surface area contributed by atoms with Gasteiger partial charge in [-0.1, -0.05) is 6.92 Å². The van der Waals surface area contributed by atoms with Crippen LogP contribution in [0.2, 0.25) is 0 Å². The molecular weight excluding hydrogens is 166 g/mol. The molecule has 0 saturated carbocycles. The van der Waals surface area contributed by atoms with Crippen LogP contribution < -0.4 is 4.90 Å². The summed E-state index contributed by atoms with van der Waals surface area (Å²) in [4.78, 5) is 2.03. The molecule has 0 radical (unpaired) electrons. The quantitative estimate of drug-likeness (QED) is 0.700. The van der Waals surface area contributed by atoms with Crippen molar-refractivity contribution in [2.75, 3.05) is 18.5 Å². The molecule has 1 aromatic carbocycles. The molecule has 0 aliphatic carbocycles. The van der Waals surface area contributed by atoms with Crippen LogP contribution in [0, 0.1) is 0 Å². The topological polar surface area (TPSA) is 43.7 Å². The number of aromatic hydroxyl groups is 2. The molecule has 0 unspecified atom stereocenters. The molecule has 3 heteroatoms. The number of phenols is 2. The molecule has 2 N–H and O–H groups in total. The zero-order chi connectivity index (χ0) is 9.84. The third-order valence-electron chi connectivity index (χ3n) is 1.96. The van der Waals surface area contributed by atoms with Gasteiger partial charge in [-0.2, -0.15) is 0 Å². The second-order valence-corrected chi connectivity index (χ2v) is 3.09. The van der Waals surface area contributed by atoms with E-state index in [0.29, 0.717) is 0 Å². The molecule has 0 spiro atoms. The lowest BCUT2D eigenvalue weighted by atomic mass is 10.2. The fourth-order valence-corrected chi connectivity index (χ4v) is 1.21. The molecule has 13 heavy (non-hydrogen) atoms. The van der Waals surface area contributed by atoms with E-state index < -0.39 is 0 Å². The minimum absolute atomic E-state index is 0.0690. The van der Waals surface area contributed by atoms with Gasteiger partial charge in [0.25, 0.3) is 0 Å². The molecule has 72 valence electrons. The van der Waals surface area contributed by atoms with Crippen LogP contribution in [0.3, 0.4) is 0 Å². The van der Waals surface area contributed by atoms with E-state index in [0.717, 1.165) is 18.7 Å². The van der Waals surface area contributed by atoms with Gasteiger partial charge >= 0.3 is 0 Å². The Balaban J connectivity index is 2.84. The van der Waals surface area contributed by atoms with Gasteiger partial charge < -0.3 is 15.1 Å². The zero-order valence-corrected chi connectivity index (χ0v) is 7.99. The first-order valence-electron chi connectivity index (χ1n) is 4.38. The van der Waals surface area contributed by atoms with Gasteiger partial charge in [-0.15, -0.1) is 0 Å². The van der Waals surface area contributed by atoms with Crippen LogP contribution in [0.25, 0.3) is 0 Å². The Morgan fingerprint density at radius 3 is 2.46 bits per heavy atom. The predicted molar refractivity (Wildman–Crippen MR) is 53.3 cm³/mol. The molecule has 1 aromatic rings. The Hall–Kier alpha value is -1.38. The lowest BCUT2D eigenvalue weighted by molar-refractivity contribution is 0.404. The van der Waals surface area contributed by atoms with Crippen LogP contribution in [0.1, 0.15) is 13.3 Å². The largest absolute Gasteiger partial charge is 0.504 e. The minimum atomic E-state index is -0.0753. The van der Waals surface area contributed by atoms with Gasteiger partial charge in [0.05, 0.1) is 0 Å². The van der Waals surface area contributed by atoms with Crippen LogP contribution in [0.4, 0.5) is 5.69 Å². The molecule has 0 atom stereocenters. The Kier molecular flexibility index (Phi) is 3.01. The van der Waals surface area contributed by atoms with E-state index >= 15 is 0 Å². The molecule has 0 heterocycles. The van der Waals surface area contributed by atoms with E-state index in [-0.39, 0.29) is 11.5 Å². The smallest absolute Gasteiger partial charge is 0.159 e. The van der Waals surface area contributed by atoms with Crippen LogP contribution in [-0.4, -0.2) is 23.8 Å². The average molecular weight is 181 g/mol. The number of hydrogen-bond acceptors (Lipinski definition) is 3. The van der Waals surface area contributed by atoms with Crippen LogP contribution >= 0.6 is 0 Å². The van der Waals surface area contributed by atoms with Gasteiger partial charge in [-0.25, -0.2) is 0 Å². The van der Waals surface area contributed by atoms with Crippen molar-refractivity contribution in [1.82, 2.24) is 0 Å². The maximum absolute atomic E-state index is 9.24. The van der Waals surface area contributed by atoms with Gasteiger partial charge in [0.1, 0.15) is 0 Å². The first-order chi connectivity index (χ1) is 6.15. The normalized spacial score (nSPS) is 10.0. The van der Waals surface area contributed by atoms with E-state index in [1.807, 2.05) is 11.9 Å². The van der Waals surface area contributed by atoms with Crippen LogP contribution in [0.5, 0.6) is 11.5 Å². The molecule has 0 bridgehead atoms. The van der Waals surface area contributed by atoms with E-state index in [2.05, 4.69) is 6.92 Å². The maximum atomic E-state index is 9.24. The summed E-state index contributed by atoms with van der Waals surface area (Å²) in [5.41, 5.74) is 0.914. The van der Waals surface area contributed by atoms with Crippen LogP contribution in [-0.2, 0) is 0 Å². The lowest BCUT2D eigenvalue weighted by Gasteiger charge is -2.18. The minimum Gasteiger partial charge on any atom is -0.504 e. The molecule has 0 aliphatic heterocycles. The van der Waals surface area contributed by atoms with Gasteiger partial charge in [-0.05, 0) is 18.6 Å². The molecule has 0 aliphatic rings. The van der Waals surface area contributed by atoms with Gasteiger partial charge in [-0.3, -0.25) is 0 Å². The second kappa shape index (κ2) is 4.03. The Morgan fingerprint density at radius 2 is 1.92 bits per heavy atom. The van der Waals surface area contributed by atoms with E-state index in [1.54, 1.807) is 12.1 Å². The summed E-state index contributed by atoms with van der Waals surface area (Å²) in [6.07, 6.45) is 1.05. The number of phenolic OH excluding ortho intramolecular Hbond substituents is 2. The van der Waals surface area contributed by atoms with Crippen molar-refractivity contribution < 1.29 is 10.2 Å². The predicted octanol–water partition coefficient (Wildman–Crippen LogP) is 1.94. The van der Waals surface area contributed by atoms with E-state index in [4.69, 9.17) is 5.11 Å². The zero-order valence-electron chi connectivity index (χ0n) is 7.99. The van der Waals surface area contributed by atoms with Gasteiger partial charge in [0, 0.05) is 25.3 Å². The summed E-state index contributed by atoms with van der Waals surface area (Å²) >= 11 is 0. The number of benzene rings is 1. The van der Waals surface area contributed by atoms with Crippen molar-refractivity contribution >= 4 is 5.69 Å². The first kappa shape index (κ1) is 9.71. The van der Waals surface area contributed by atoms with Crippen molar-refractivity contribution in [1.29, 1.82) is 0 Å². The first-order valence-corrected chi connectivity index (χ1v) is 4.38. The maximum Gasteiger partial charge on any atom is 0.159 e. The van der Waals surface area contributed by atoms with E-state index in [1.165, 1.54) is 6.07 Å². The third kappa shape index (κ3) is 2.28. The summed E-state index contributed by atoms with van der Waals surface area (Å²) in [6, 6.07) is 4.84. The summed E-state index contributed by atoms with van der Waals surface area (Å²) in [6.45, 7) is 3.03. The van der Waals surface area contributed by atoms with Crippen LogP contribution in [0.15, 0.2) is 18.2 Å². The highest BCUT2D eigenvalue weighted by Gasteiger charge is 2.03. The van der Waals surface area contributed by atoms with Crippen molar-refractivity contribution in [2.24, 2.45) is 0 Å². The summed E-state index contributed by atoms with van der Waals surface area (Å²) in [5.74, 6) is -0.144. The lowest BCUT2D eigenvalue weighted by Crippen LogP contribution is -2.17. The number of rotatable bonds is 3. The fraction of sp³-hybridized carbons (Fsp3) is 0.400. The molecule has 3 nitrogen and oxygen atoms in total. The van der Waals surface area contributed by atoms with E-state index in [9.17, 15) is 5.11 Å². The Morgan fingerprint density at radius 1 is 1.23 bits per heavy atom. The molecule has 1 rings (SSSR count). The SMILES string of the molecule is CCCN(C)c1ccc(O)c(O)c1. The molecule has 0 saturated heterocycles. The van der Waals surface area contributed by atoms with Gasteiger partial charge in [0.2, 0.25) is 0 Å². The average Bonchev–Trinajstić information content (AvgIpc) is 2.10. The highest BCUT2D eigenvalue weighted by Crippen LogP contribution is 2.28. The van der Waals surface area contributed by atoms with Crippen molar-refractivity contribution in [2.45, 2.75) is 13.3 Å².